The van der Waals surface area contributed by atoms with Crippen LogP contribution in [0.4, 0.5) is 5.82 Å². The molecule has 0 N–H and O–H groups in total. The molecule has 28 heavy (non-hydrogen) atoms. The number of hydrogen-bond acceptors (Lipinski definition) is 7. The lowest BCUT2D eigenvalue weighted by atomic mass is 10.2. The molecule has 0 saturated carbocycles. The summed E-state index contributed by atoms with van der Waals surface area (Å²) in [5, 5.41) is 5.31. The number of hydrogen-bond donors (Lipinski definition) is 0. The van der Waals surface area contributed by atoms with Crippen molar-refractivity contribution < 1.29 is 9.47 Å². The van der Waals surface area contributed by atoms with Gasteiger partial charge in [-0.05, 0) is 29.8 Å². The summed E-state index contributed by atoms with van der Waals surface area (Å²) in [5.41, 5.74) is 1.78. The van der Waals surface area contributed by atoms with Crippen molar-refractivity contribution in [1.82, 2.24) is 24.7 Å². The molecular weight excluding hydrogens is 356 g/mol. The zero-order chi connectivity index (χ0) is 19.5. The molecule has 0 saturated heterocycles. The summed E-state index contributed by atoms with van der Waals surface area (Å²) in [6, 6.07) is 11.5. The quantitative estimate of drug-likeness (QED) is 0.512. The minimum absolute atomic E-state index is 0.640. The monoisotopic (exact) mass is 376 g/mol. The highest BCUT2D eigenvalue weighted by atomic mass is 16.5. The normalized spacial score (nSPS) is 10.8. The average Bonchev–Trinajstić information content (AvgIpc) is 3.18. The molecule has 3 aromatic heterocycles. The van der Waals surface area contributed by atoms with Crippen molar-refractivity contribution in [2.45, 2.75) is 6.54 Å². The van der Waals surface area contributed by atoms with Crippen LogP contribution in [0.1, 0.15) is 5.56 Å². The smallest absolute Gasteiger partial charge is 0.170 e. The third kappa shape index (κ3) is 3.20. The lowest BCUT2D eigenvalue weighted by Gasteiger charge is -2.19. The third-order valence-electron chi connectivity index (χ3n) is 4.44. The first kappa shape index (κ1) is 17.7. The Morgan fingerprint density at radius 1 is 1.00 bits per heavy atom. The number of methoxy groups -OCH3 is 2. The van der Waals surface area contributed by atoms with Crippen LogP contribution in [0, 0.1) is 0 Å². The molecule has 0 aliphatic carbocycles. The first-order valence-electron chi connectivity index (χ1n) is 8.73. The zero-order valence-corrected chi connectivity index (χ0v) is 15.9. The van der Waals surface area contributed by atoms with Crippen molar-refractivity contribution in [3.05, 3.63) is 60.7 Å². The number of benzene rings is 1. The molecule has 4 aromatic rings. The van der Waals surface area contributed by atoms with Gasteiger partial charge in [0.15, 0.2) is 23.0 Å². The molecule has 142 valence electrons. The summed E-state index contributed by atoms with van der Waals surface area (Å²) in [4.78, 5) is 15.3. The van der Waals surface area contributed by atoms with Gasteiger partial charge >= 0.3 is 0 Å². The summed E-state index contributed by atoms with van der Waals surface area (Å²) in [6.07, 6.45) is 5.04. The minimum Gasteiger partial charge on any atom is -0.493 e. The van der Waals surface area contributed by atoms with E-state index in [1.165, 1.54) is 0 Å². The molecule has 0 radical (unpaired) electrons. The molecule has 3 heterocycles. The molecule has 0 aliphatic heterocycles. The minimum atomic E-state index is 0.640. The van der Waals surface area contributed by atoms with E-state index in [2.05, 4.69) is 25.0 Å². The molecule has 0 fully saturated rings. The van der Waals surface area contributed by atoms with E-state index in [-0.39, 0.29) is 0 Å². The Bertz CT molecular complexity index is 1100. The number of fused-ring (bicyclic) bond motifs is 1. The maximum atomic E-state index is 5.40. The molecule has 4 rings (SSSR count). The highest BCUT2D eigenvalue weighted by Crippen LogP contribution is 2.29. The van der Waals surface area contributed by atoms with E-state index in [4.69, 9.17) is 9.47 Å². The number of ether oxygens (including phenoxy) is 2. The Labute approximate surface area is 162 Å². The molecule has 0 aliphatic rings. The van der Waals surface area contributed by atoms with Crippen molar-refractivity contribution in [3.63, 3.8) is 0 Å². The Hall–Kier alpha value is -3.68. The Morgan fingerprint density at radius 2 is 1.86 bits per heavy atom. The first-order chi connectivity index (χ1) is 13.7. The van der Waals surface area contributed by atoms with E-state index < -0.39 is 0 Å². The van der Waals surface area contributed by atoms with E-state index in [0.29, 0.717) is 29.5 Å². The predicted molar refractivity (Wildman–Crippen MR) is 106 cm³/mol. The van der Waals surface area contributed by atoms with E-state index in [0.717, 1.165) is 16.8 Å². The molecule has 0 spiro atoms. The molecular formula is C20H20N6O2. The molecule has 8 nitrogen and oxygen atoms in total. The second-order valence-electron chi connectivity index (χ2n) is 6.22. The Balaban J connectivity index is 1.67. The maximum Gasteiger partial charge on any atom is 0.170 e. The summed E-state index contributed by atoms with van der Waals surface area (Å²) < 4.78 is 12.4. The molecule has 0 bridgehead atoms. The van der Waals surface area contributed by atoms with Crippen LogP contribution in [-0.4, -0.2) is 46.0 Å². The fraction of sp³-hybridized carbons (Fsp3) is 0.200. The van der Waals surface area contributed by atoms with E-state index in [9.17, 15) is 0 Å². The van der Waals surface area contributed by atoms with E-state index in [1.807, 2.05) is 43.4 Å². The van der Waals surface area contributed by atoms with Crippen LogP contribution in [0.2, 0.25) is 0 Å². The largest absolute Gasteiger partial charge is 0.493 e. The van der Waals surface area contributed by atoms with Gasteiger partial charge in [-0.2, -0.15) is 9.78 Å². The molecule has 0 atom stereocenters. The number of pyridine rings is 1. The highest BCUT2D eigenvalue weighted by Gasteiger charge is 2.15. The molecule has 0 amide bonds. The fourth-order valence-corrected chi connectivity index (χ4v) is 3.11. The summed E-state index contributed by atoms with van der Waals surface area (Å²) in [6.45, 7) is 0.640. The Kier molecular flexibility index (Phi) is 4.76. The molecule has 0 unspecified atom stereocenters. The van der Waals surface area contributed by atoms with E-state index in [1.54, 1.807) is 37.6 Å². The first-order valence-corrected chi connectivity index (χ1v) is 8.73. The number of rotatable bonds is 6. The standard InChI is InChI=1S/C20H20N6O2/c1-25(12-14-7-8-16(27-2)17(10-14)28-3)19-15-11-24-26(20(15)23-13-22-19)18-6-4-5-9-21-18/h4-11,13H,12H2,1-3H3. The zero-order valence-electron chi connectivity index (χ0n) is 15.9. The number of aromatic nitrogens is 5. The topological polar surface area (TPSA) is 78.2 Å². The van der Waals surface area contributed by atoms with Gasteiger partial charge in [0.2, 0.25) is 0 Å². The van der Waals surface area contributed by atoms with Crippen LogP contribution in [0.5, 0.6) is 11.5 Å². The predicted octanol–water partition coefficient (Wildman–Crippen LogP) is 2.86. The Morgan fingerprint density at radius 3 is 2.61 bits per heavy atom. The van der Waals surface area contributed by atoms with Gasteiger partial charge < -0.3 is 14.4 Å². The second-order valence-corrected chi connectivity index (χ2v) is 6.22. The van der Waals surface area contributed by atoms with Gasteiger partial charge in [0.1, 0.15) is 12.1 Å². The molecule has 1 aromatic carbocycles. The van der Waals surface area contributed by atoms with Gasteiger partial charge in [-0.3, -0.25) is 0 Å². The highest BCUT2D eigenvalue weighted by molar-refractivity contribution is 5.87. The summed E-state index contributed by atoms with van der Waals surface area (Å²) in [7, 11) is 5.24. The van der Waals surface area contributed by atoms with Crippen LogP contribution in [0.3, 0.4) is 0 Å². The van der Waals surface area contributed by atoms with Gasteiger partial charge in [0.25, 0.3) is 0 Å². The third-order valence-corrected chi connectivity index (χ3v) is 4.44. The van der Waals surface area contributed by atoms with Crippen molar-refractivity contribution in [3.8, 4) is 17.3 Å². The maximum absolute atomic E-state index is 5.40. The van der Waals surface area contributed by atoms with Gasteiger partial charge in [0, 0.05) is 19.8 Å². The van der Waals surface area contributed by atoms with Crippen molar-refractivity contribution in [2.24, 2.45) is 0 Å². The number of nitrogens with zero attached hydrogens (tertiary/aromatic N) is 6. The summed E-state index contributed by atoms with van der Waals surface area (Å²) >= 11 is 0. The van der Waals surface area contributed by atoms with Gasteiger partial charge in [-0.25, -0.2) is 15.0 Å². The van der Waals surface area contributed by atoms with Crippen LogP contribution in [0.15, 0.2) is 55.1 Å². The fourth-order valence-electron chi connectivity index (χ4n) is 3.11. The van der Waals surface area contributed by atoms with Gasteiger partial charge in [-0.15, -0.1) is 0 Å². The lowest BCUT2D eigenvalue weighted by molar-refractivity contribution is 0.354. The second kappa shape index (κ2) is 7.51. The van der Waals surface area contributed by atoms with E-state index >= 15 is 0 Å². The van der Waals surface area contributed by atoms with Crippen LogP contribution < -0.4 is 14.4 Å². The van der Waals surface area contributed by atoms with Crippen LogP contribution >= 0.6 is 0 Å². The number of anilines is 1. The lowest BCUT2D eigenvalue weighted by Crippen LogP contribution is -2.18. The summed E-state index contributed by atoms with van der Waals surface area (Å²) in [5.74, 6) is 2.91. The average molecular weight is 376 g/mol. The molecule has 8 heteroatoms. The van der Waals surface area contributed by atoms with Crippen molar-refractivity contribution in [1.29, 1.82) is 0 Å². The van der Waals surface area contributed by atoms with Crippen LogP contribution in [-0.2, 0) is 6.54 Å². The van der Waals surface area contributed by atoms with Gasteiger partial charge in [0.05, 0.1) is 25.8 Å². The van der Waals surface area contributed by atoms with Gasteiger partial charge in [-0.1, -0.05) is 12.1 Å². The SMILES string of the molecule is COc1ccc(CN(C)c2ncnc3c2cnn3-c2ccccn2)cc1OC. The van der Waals surface area contributed by atoms with Crippen LogP contribution in [0.25, 0.3) is 16.9 Å². The van der Waals surface area contributed by atoms with Crippen molar-refractivity contribution in [2.75, 3.05) is 26.2 Å². The van der Waals surface area contributed by atoms with Crippen molar-refractivity contribution >= 4 is 16.9 Å².